The summed E-state index contributed by atoms with van der Waals surface area (Å²) in [7, 11) is 0. The fourth-order valence-electron chi connectivity index (χ4n) is 2.22. The lowest BCUT2D eigenvalue weighted by Crippen LogP contribution is -2.47. The second-order valence-electron chi connectivity index (χ2n) is 4.81. The Kier molecular flexibility index (Phi) is 4.16. The number of hydrogen-bond donors (Lipinski definition) is 2. The lowest BCUT2D eigenvalue weighted by atomic mass is 9.95. The standard InChI is InChI=1S/C12H11F5N2O2S/c13-11(14,12(15,16)17)10(21)19-9-7(8(18)20)5-3-1-2-4-6(5)22-9/h1-4H2,(H2,18,20)(H,19,21). The van der Waals surface area contributed by atoms with Gasteiger partial charge < -0.3 is 11.1 Å². The molecule has 4 nitrogen and oxygen atoms in total. The van der Waals surface area contributed by atoms with Gasteiger partial charge in [-0.3, -0.25) is 9.59 Å². The lowest BCUT2D eigenvalue weighted by molar-refractivity contribution is -0.267. The zero-order valence-electron chi connectivity index (χ0n) is 11.0. The molecule has 1 aromatic rings. The second-order valence-corrected chi connectivity index (χ2v) is 5.91. The summed E-state index contributed by atoms with van der Waals surface area (Å²) in [5.41, 5.74) is 5.51. The summed E-state index contributed by atoms with van der Waals surface area (Å²) in [4.78, 5) is 23.4. The molecule has 0 saturated heterocycles. The first-order valence-electron chi connectivity index (χ1n) is 6.26. The molecule has 3 N–H and O–H groups in total. The number of amides is 2. The number of anilines is 1. The predicted molar refractivity (Wildman–Crippen MR) is 69.1 cm³/mol. The van der Waals surface area contributed by atoms with E-state index >= 15 is 0 Å². The van der Waals surface area contributed by atoms with Crippen LogP contribution in [0.2, 0.25) is 0 Å². The molecule has 0 radical (unpaired) electrons. The van der Waals surface area contributed by atoms with E-state index in [0.717, 1.165) is 24.2 Å². The zero-order chi connectivity index (χ0) is 16.7. The molecule has 10 heteroatoms. The maximum Gasteiger partial charge on any atom is 0.463 e. The van der Waals surface area contributed by atoms with E-state index in [2.05, 4.69) is 0 Å². The van der Waals surface area contributed by atoms with E-state index in [9.17, 15) is 31.5 Å². The molecule has 1 aromatic heterocycles. The number of carbonyl (C=O) groups excluding carboxylic acids is 2. The van der Waals surface area contributed by atoms with Crippen LogP contribution in [0, 0.1) is 0 Å². The zero-order valence-corrected chi connectivity index (χ0v) is 11.8. The second kappa shape index (κ2) is 5.49. The Labute approximate surface area is 125 Å². The number of hydrogen-bond acceptors (Lipinski definition) is 3. The summed E-state index contributed by atoms with van der Waals surface area (Å²) >= 11 is 0.812. The van der Waals surface area contributed by atoms with Gasteiger partial charge in [0.25, 0.3) is 5.91 Å². The van der Waals surface area contributed by atoms with Crippen molar-refractivity contribution < 1.29 is 31.5 Å². The van der Waals surface area contributed by atoms with Gasteiger partial charge in [-0.1, -0.05) is 0 Å². The Morgan fingerprint density at radius 2 is 1.68 bits per heavy atom. The van der Waals surface area contributed by atoms with Gasteiger partial charge >= 0.3 is 18.0 Å². The minimum Gasteiger partial charge on any atom is -0.365 e. The van der Waals surface area contributed by atoms with E-state index in [1.54, 1.807) is 0 Å². The number of aryl methyl sites for hydroxylation is 1. The molecule has 2 rings (SSSR count). The number of fused-ring (bicyclic) bond motifs is 1. The van der Waals surface area contributed by atoms with Crippen LogP contribution in [0.4, 0.5) is 27.0 Å². The number of nitrogens with two attached hydrogens (primary N) is 1. The summed E-state index contributed by atoms with van der Waals surface area (Å²) in [6, 6.07) is 0. The van der Waals surface area contributed by atoms with Crippen molar-refractivity contribution in [1.82, 2.24) is 0 Å². The molecule has 0 bridgehead atoms. The average Bonchev–Trinajstić information content (AvgIpc) is 2.74. The van der Waals surface area contributed by atoms with Crippen molar-refractivity contribution in [3.8, 4) is 0 Å². The maximum atomic E-state index is 13.0. The predicted octanol–water partition coefficient (Wildman–Crippen LogP) is 2.86. The third kappa shape index (κ3) is 2.79. The number of rotatable bonds is 3. The van der Waals surface area contributed by atoms with Crippen LogP contribution in [-0.4, -0.2) is 23.9 Å². The van der Waals surface area contributed by atoms with Gasteiger partial charge in [-0.05, 0) is 31.2 Å². The van der Waals surface area contributed by atoms with Crippen LogP contribution in [0.25, 0.3) is 0 Å². The van der Waals surface area contributed by atoms with E-state index in [1.165, 1.54) is 5.32 Å². The SMILES string of the molecule is NC(=O)c1c(NC(=O)C(F)(F)C(F)(F)F)sc2c1CCCC2. The highest BCUT2D eigenvalue weighted by Crippen LogP contribution is 2.40. The molecule has 1 aliphatic carbocycles. The Morgan fingerprint density at radius 3 is 2.23 bits per heavy atom. The van der Waals surface area contributed by atoms with Crippen LogP contribution in [0.15, 0.2) is 0 Å². The molecule has 1 aliphatic rings. The van der Waals surface area contributed by atoms with Crippen molar-refractivity contribution in [1.29, 1.82) is 0 Å². The maximum absolute atomic E-state index is 13.0. The molecule has 0 fully saturated rings. The van der Waals surface area contributed by atoms with Crippen molar-refractivity contribution in [3.63, 3.8) is 0 Å². The monoisotopic (exact) mass is 342 g/mol. The summed E-state index contributed by atoms with van der Waals surface area (Å²) < 4.78 is 62.5. The first-order chi connectivity index (χ1) is 10.1. The minimum atomic E-state index is -6.01. The van der Waals surface area contributed by atoms with Gasteiger partial charge in [0.1, 0.15) is 5.00 Å². The van der Waals surface area contributed by atoms with Crippen LogP contribution in [0.3, 0.4) is 0 Å². The van der Waals surface area contributed by atoms with Gasteiger partial charge in [0.05, 0.1) is 5.56 Å². The highest BCUT2D eigenvalue weighted by molar-refractivity contribution is 7.17. The Hall–Kier alpha value is -1.71. The van der Waals surface area contributed by atoms with Crippen molar-refractivity contribution in [3.05, 3.63) is 16.0 Å². The average molecular weight is 342 g/mol. The van der Waals surface area contributed by atoms with Crippen molar-refractivity contribution in [2.75, 3.05) is 5.32 Å². The van der Waals surface area contributed by atoms with Gasteiger partial charge in [-0.25, -0.2) is 0 Å². The number of carbonyl (C=O) groups is 2. The summed E-state index contributed by atoms with van der Waals surface area (Å²) in [5, 5.41) is 1.15. The summed E-state index contributed by atoms with van der Waals surface area (Å²) in [6.07, 6.45) is -3.43. The normalized spacial score (nSPS) is 15.3. The Bertz CT molecular complexity index is 624. The highest BCUT2D eigenvalue weighted by Gasteiger charge is 2.63. The van der Waals surface area contributed by atoms with Crippen LogP contribution in [0.5, 0.6) is 0 Å². The number of nitrogens with one attached hydrogen (secondary N) is 1. The highest BCUT2D eigenvalue weighted by atomic mass is 32.1. The van der Waals surface area contributed by atoms with E-state index in [4.69, 9.17) is 5.73 Å². The van der Waals surface area contributed by atoms with Gasteiger partial charge in [0.15, 0.2) is 0 Å². The topological polar surface area (TPSA) is 72.2 Å². The molecule has 0 aromatic carbocycles. The molecule has 1 heterocycles. The fourth-order valence-corrected chi connectivity index (χ4v) is 3.51. The molecule has 0 spiro atoms. The first kappa shape index (κ1) is 16.7. The van der Waals surface area contributed by atoms with E-state index < -0.39 is 23.9 Å². The third-order valence-electron chi connectivity index (χ3n) is 3.29. The van der Waals surface area contributed by atoms with Crippen molar-refractivity contribution in [2.24, 2.45) is 5.73 Å². The van der Waals surface area contributed by atoms with Gasteiger partial charge in [-0.2, -0.15) is 22.0 Å². The molecule has 0 saturated carbocycles. The minimum absolute atomic E-state index is 0.175. The number of alkyl halides is 5. The quantitative estimate of drug-likeness (QED) is 0.829. The molecule has 0 atom stereocenters. The smallest absolute Gasteiger partial charge is 0.365 e. The number of thiophene rings is 1. The largest absolute Gasteiger partial charge is 0.463 e. The Morgan fingerprint density at radius 1 is 1.09 bits per heavy atom. The summed E-state index contributed by atoms with van der Waals surface area (Å²) in [5.74, 6) is -9.04. The molecule has 0 unspecified atom stereocenters. The van der Waals surface area contributed by atoms with Gasteiger partial charge in [0.2, 0.25) is 0 Å². The van der Waals surface area contributed by atoms with E-state index in [-0.39, 0.29) is 10.6 Å². The van der Waals surface area contributed by atoms with Crippen LogP contribution in [-0.2, 0) is 17.6 Å². The third-order valence-corrected chi connectivity index (χ3v) is 4.49. The Balaban J connectivity index is 2.36. The van der Waals surface area contributed by atoms with Crippen LogP contribution in [0.1, 0.15) is 33.6 Å². The van der Waals surface area contributed by atoms with E-state index in [1.807, 2.05) is 0 Å². The van der Waals surface area contributed by atoms with Crippen LogP contribution < -0.4 is 11.1 Å². The number of primary amides is 1. The van der Waals surface area contributed by atoms with Crippen molar-refractivity contribution >= 4 is 28.2 Å². The first-order valence-corrected chi connectivity index (χ1v) is 7.07. The molecular weight excluding hydrogens is 331 g/mol. The molecule has 0 aliphatic heterocycles. The van der Waals surface area contributed by atoms with E-state index in [0.29, 0.717) is 23.3 Å². The van der Waals surface area contributed by atoms with Crippen LogP contribution >= 0.6 is 11.3 Å². The molecular formula is C12H11F5N2O2S. The summed E-state index contributed by atoms with van der Waals surface area (Å²) in [6.45, 7) is 0. The number of halogens is 5. The fraction of sp³-hybridized carbons (Fsp3) is 0.500. The molecule has 122 valence electrons. The van der Waals surface area contributed by atoms with Gasteiger partial charge in [-0.15, -0.1) is 11.3 Å². The van der Waals surface area contributed by atoms with Crippen molar-refractivity contribution in [2.45, 2.75) is 37.8 Å². The molecule has 22 heavy (non-hydrogen) atoms. The lowest BCUT2D eigenvalue weighted by Gasteiger charge is -2.18. The van der Waals surface area contributed by atoms with Gasteiger partial charge in [0, 0.05) is 4.88 Å². The molecule has 2 amide bonds.